The van der Waals surface area contributed by atoms with Crippen molar-refractivity contribution in [1.29, 1.82) is 0 Å². The first kappa shape index (κ1) is 17.0. The highest BCUT2D eigenvalue weighted by Gasteiger charge is 2.08. The summed E-state index contributed by atoms with van der Waals surface area (Å²) in [6.07, 6.45) is 2.51. The Bertz CT molecular complexity index is 227. The highest BCUT2D eigenvalue weighted by atomic mass is 16.4. The van der Waals surface area contributed by atoms with Crippen molar-refractivity contribution >= 4 is 11.9 Å². The van der Waals surface area contributed by atoms with Crippen LogP contribution in [0.1, 0.15) is 26.7 Å². The summed E-state index contributed by atoms with van der Waals surface area (Å²) in [5, 5.41) is 10.5. The van der Waals surface area contributed by atoms with Gasteiger partial charge in [-0.1, -0.05) is 20.4 Å². The average Bonchev–Trinajstić information content (AvgIpc) is 2.25. The first-order valence-electron chi connectivity index (χ1n) is 5.20. The van der Waals surface area contributed by atoms with Crippen molar-refractivity contribution in [3.8, 4) is 0 Å². The van der Waals surface area contributed by atoms with Crippen LogP contribution in [0.3, 0.4) is 0 Å². The van der Waals surface area contributed by atoms with Crippen LogP contribution < -0.4 is 5.32 Å². The molecule has 0 aliphatic rings. The van der Waals surface area contributed by atoms with Crippen LogP contribution in [-0.4, -0.2) is 42.1 Å². The summed E-state index contributed by atoms with van der Waals surface area (Å²) in [7, 11) is 3.86. The van der Waals surface area contributed by atoms with E-state index in [1.54, 1.807) is 6.92 Å². The predicted octanol–water partition coefficient (Wildman–Crippen LogP) is 1.07. The zero-order valence-electron chi connectivity index (χ0n) is 10.5. The highest BCUT2D eigenvalue weighted by Crippen LogP contribution is 1.93. The van der Waals surface area contributed by atoms with Gasteiger partial charge in [-0.15, -0.1) is 0 Å². The van der Waals surface area contributed by atoms with E-state index in [9.17, 15) is 9.59 Å². The van der Waals surface area contributed by atoms with Gasteiger partial charge >= 0.3 is 5.97 Å². The number of carbonyl (C=O) groups is 2. The molecule has 0 rings (SSSR count). The third-order valence-corrected chi connectivity index (χ3v) is 1.81. The number of nitrogens with one attached hydrogen (secondary N) is 1. The molecule has 2 N–H and O–H groups in total. The maximum Gasteiger partial charge on any atom is 0.303 e. The van der Waals surface area contributed by atoms with Crippen molar-refractivity contribution < 1.29 is 14.7 Å². The van der Waals surface area contributed by atoms with Gasteiger partial charge in [0.1, 0.15) is 0 Å². The van der Waals surface area contributed by atoms with Gasteiger partial charge in [0.2, 0.25) is 5.91 Å². The average molecular weight is 230 g/mol. The Morgan fingerprint density at radius 3 is 2.06 bits per heavy atom. The van der Waals surface area contributed by atoms with E-state index in [4.69, 9.17) is 5.11 Å². The Labute approximate surface area is 97.1 Å². The molecule has 0 aromatic heterocycles. The number of carboxylic acids is 1. The maximum atomic E-state index is 10.8. The first-order valence-corrected chi connectivity index (χ1v) is 5.20. The normalized spacial score (nSPS) is 11.1. The molecule has 0 bridgehead atoms. The first-order chi connectivity index (χ1) is 7.38. The molecule has 0 aliphatic heterocycles. The van der Waals surface area contributed by atoms with Crippen LogP contribution in [0, 0.1) is 0 Å². The Hall–Kier alpha value is -1.36. The molecule has 0 heterocycles. The zero-order chi connectivity index (χ0) is 13.1. The number of hydrogen-bond acceptors (Lipinski definition) is 3. The molecule has 94 valence electrons. The van der Waals surface area contributed by atoms with Crippen LogP contribution in [0.25, 0.3) is 0 Å². The third-order valence-electron chi connectivity index (χ3n) is 1.81. The van der Waals surface area contributed by atoms with Crippen LogP contribution in [0.5, 0.6) is 0 Å². The summed E-state index contributed by atoms with van der Waals surface area (Å²) in [4.78, 5) is 22.2. The van der Waals surface area contributed by atoms with Crippen LogP contribution in [0.4, 0.5) is 0 Å². The Balaban J connectivity index is 0. The second-order valence-corrected chi connectivity index (χ2v) is 3.35. The van der Waals surface area contributed by atoms with Crippen molar-refractivity contribution in [3.05, 3.63) is 12.7 Å². The van der Waals surface area contributed by atoms with Gasteiger partial charge in [-0.3, -0.25) is 14.5 Å². The van der Waals surface area contributed by atoms with E-state index < -0.39 is 5.97 Å². The molecule has 0 saturated carbocycles. The van der Waals surface area contributed by atoms with Gasteiger partial charge in [0.15, 0.2) is 0 Å². The number of amides is 1. The standard InChI is InChI=1S/C8H16N2O.C3H6O2/c1-5-7(10(3)4)9-8(11)6-2;1-2-3(4)5/h6-7H,2,5H2,1,3-4H3,(H,9,11);2H2,1H3,(H,4,5). The maximum absolute atomic E-state index is 10.8. The molecule has 0 spiro atoms. The number of carbonyl (C=O) groups excluding carboxylic acids is 1. The molecule has 16 heavy (non-hydrogen) atoms. The Morgan fingerprint density at radius 2 is 1.88 bits per heavy atom. The van der Waals surface area contributed by atoms with E-state index in [0.717, 1.165) is 6.42 Å². The number of carboxylic acid groups (broad SMARTS) is 1. The second-order valence-electron chi connectivity index (χ2n) is 3.35. The minimum Gasteiger partial charge on any atom is -0.481 e. The van der Waals surface area contributed by atoms with Crippen molar-refractivity contribution in [3.63, 3.8) is 0 Å². The number of nitrogens with zero attached hydrogens (tertiary/aromatic N) is 1. The lowest BCUT2D eigenvalue weighted by Gasteiger charge is -2.23. The molecule has 0 radical (unpaired) electrons. The minimum absolute atomic E-state index is 0.112. The lowest BCUT2D eigenvalue weighted by atomic mass is 10.3. The fourth-order valence-electron chi connectivity index (χ4n) is 0.819. The predicted molar refractivity (Wildman–Crippen MR) is 64.0 cm³/mol. The van der Waals surface area contributed by atoms with E-state index in [0.29, 0.717) is 0 Å². The molecule has 0 aliphatic carbocycles. The Morgan fingerprint density at radius 1 is 1.44 bits per heavy atom. The topological polar surface area (TPSA) is 69.6 Å². The number of aliphatic carboxylic acids is 1. The zero-order valence-corrected chi connectivity index (χ0v) is 10.5. The van der Waals surface area contributed by atoms with Gasteiger partial charge in [0.25, 0.3) is 0 Å². The quantitative estimate of drug-likeness (QED) is 0.547. The van der Waals surface area contributed by atoms with Gasteiger partial charge in [-0.2, -0.15) is 0 Å². The fraction of sp³-hybridized carbons (Fsp3) is 0.636. The van der Waals surface area contributed by atoms with Gasteiger partial charge < -0.3 is 10.4 Å². The monoisotopic (exact) mass is 230 g/mol. The lowest BCUT2D eigenvalue weighted by Crippen LogP contribution is -2.43. The fourth-order valence-corrected chi connectivity index (χ4v) is 0.819. The van der Waals surface area contributed by atoms with Crippen molar-refractivity contribution in [2.24, 2.45) is 0 Å². The smallest absolute Gasteiger partial charge is 0.303 e. The van der Waals surface area contributed by atoms with Gasteiger partial charge in [-0.25, -0.2) is 0 Å². The number of rotatable bonds is 5. The minimum atomic E-state index is -0.745. The molecule has 0 aromatic carbocycles. The molecule has 5 nitrogen and oxygen atoms in total. The largest absolute Gasteiger partial charge is 0.481 e. The summed E-state index contributed by atoms with van der Waals surface area (Å²) in [5.41, 5.74) is 0. The summed E-state index contributed by atoms with van der Waals surface area (Å²) in [6, 6.07) is 0. The molecule has 0 aromatic rings. The second kappa shape index (κ2) is 10.2. The van der Waals surface area contributed by atoms with Crippen LogP contribution in [0.2, 0.25) is 0 Å². The molecule has 0 saturated heterocycles. The number of hydrogen-bond donors (Lipinski definition) is 2. The van der Waals surface area contributed by atoms with E-state index >= 15 is 0 Å². The summed E-state index contributed by atoms with van der Waals surface area (Å²) >= 11 is 0. The van der Waals surface area contributed by atoms with E-state index in [1.807, 2.05) is 25.9 Å². The summed E-state index contributed by atoms with van der Waals surface area (Å²) in [6.45, 7) is 7.00. The highest BCUT2D eigenvalue weighted by molar-refractivity contribution is 5.87. The van der Waals surface area contributed by atoms with E-state index in [2.05, 4.69) is 11.9 Å². The van der Waals surface area contributed by atoms with Crippen LogP contribution in [0.15, 0.2) is 12.7 Å². The van der Waals surface area contributed by atoms with Gasteiger partial charge in [0, 0.05) is 6.42 Å². The molecule has 1 unspecified atom stereocenters. The lowest BCUT2D eigenvalue weighted by molar-refractivity contribution is -0.136. The van der Waals surface area contributed by atoms with E-state index in [1.165, 1.54) is 6.08 Å². The SMILES string of the molecule is C=CC(=O)NC(CC)N(C)C.CCC(=O)O. The third kappa shape index (κ3) is 10.7. The molecule has 1 atom stereocenters. The Kier molecular flexibility index (Phi) is 10.8. The van der Waals surface area contributed by atoms with Crippen LogP contribution >= 0.6 is 0 Å². The molecule has 5 heteroatoms. The molecule has 1 amide bonds. The molecular weight excluding hydrogens is 208 g/mol. The van der Waals surface area contributed by atoms with Gasteiger partial charge in [-0.05, 0) is 26.6 Å². The summed E-state index contributed by atoms with van der Waals surface area (Å²) in [5.74, 6) is -0.865. The van der Waals surface area contributed by atoms with Crippen molar-refractivity contribution in [1.82, 2.24) is 10.2 Å². The molecular formula is C11H22N2O3. The van der Waals surface area contributed by atoms with Crippen LogP contribution in [-0.2, 0) is 9.59 Å². The van der Waals surface area contributed by atoms with E-state index in [-0.39, 0.29) is 18.5 Å². The summed E-state index contributed by atoms with van der Waals surface area (Å²) < 4.78 is 0. The van der Waals surface area contributed by atoms with Crippen molar-refractivity contribution in [2.75, 3.05) is 14.1 Å². The molecule has 0 fully saturated rings. The van der Waals surface area contributed by atoms with Gasteiger partial charge in [0.05, 0.1) is 6.17 Å². The van der Waals surface area contributed by atoms with Crippen molar-refractivity contribution in [2.45, 2.75) is 32.9 Å².